The average Bonchev–Trinajstić information content (AvgIpc) is 2.52. The highest BCUT2D eigenvalue weighted by Gasteiger charge is 2.34. The molecule has 2 rings (SSSR count). The zero-order chi connectivity index (χ0) is 17.9. The van der Waals surface area contributed by atoms with E-state index in [1.54, 1.807) is 30.3 Å². The number of alkyl halides is 3. The Labute approximate surface area is 138 Å². The van der Waals surface area contributed by atoms with Crippen molar-refractivity contribution in [3.8, 4) is 0 Å². The molecule has 0 fully saturated rings. The van der Waals surface area contributed by atoms with Gasteiger partial charge in [0.05, 0.1) is 11.5 Å². The highest BCUT2D eigenvalue weighted by Crippen LogP contribution is 2.36. The molecular weight excluding hydrogens is 317 g/mol. The molecule has 2 aromatic rings. The van der Waals surface area contributed by atoms with E-state index < -0.39 is 23.6 Å². The van der Waals surface area contributed by atoms with Gasteiger partial charge in [0, 0.05) is 5.92 Å². The Morgan fingerprint density at radius 2 is 1.25 bits per heavy atom. The summed E-state index contributed by atoms with van der Waals surface area (Å²) in [6.45, 7) is 2.65. The van der Waals surface area contributed by atoms with Crippen molar-refractivity contribution in [3.63, 3.8) is 0 Å². The van der Waals surface area contributed by atoms with Crippen LogP contribution in [0.4, 0.5) is 13.2 Å². The normalized spacial score (nSPS) is 12.9. The zero-order valence-corrected chi connectivity index (χ0v) is 13.3. The van der Waals surface area contributed by atoms with Gasteiger partial charge in [0.15, 0.2) is 0 Å². The minimum atomic E-state index is -4.43. The molecule has 126 valence electrons. The SMILES string of the molecule is CC(=O)C(C(C)=O)C(c1ccccc1)c1ccc(C(F)(F)F)cc1. The van der Waals surface area contributed by atoms with Gasteiger partial charge in [-0.1, -0.05) is 42.5 Å². The summed E-state index contributed by atoms with van der Waals surface area (Å²) < 4.78 is 38.3. The second-order valence-electron chi connectivity index (χ2n) is 5.71. The van der Waals surface area contributed by atoms with Crippen molar-refractivity contribution >= 4 is 11.6 Å². The Balaban J connectivity index is 2.54. The van der Waals surface area contributed by atoms with Crippen LogP contribution in [-0.2, 0) is 15.8 Å². The molecule has 0 amide bonds. The first-order valence-electron chi connectivity index (χ1n) is 7.45. The summed E-state index contributed by atoms with van der Waals surface area (Å²) in [5.74, 6) is -2.15. The predicted molar refractivity (Wildman–Crippen MR) is 84.6 cm³/mol. The van der Waals surface area contributed by atoms with E-state index >= 15 is 0 Å². The third-order valence-electron chi connectivity index (χ3n) is 3.97. The van der Waals surface area contributed by atoms with E-state index in [0.29, 0.717) is 11.1 Å². The number of halogens is 3. The van der Waals surface area contributed by atoms with Crippen LogP contribution < -0.4 is 0 Å². The zero-order valence-electron chi connectivity index (χ0n) is 13.3. The van der Waals surface area contributed by atoms with Gasteiger partial charge in [0.2, 0.25) is 0 Å². The summed E-state index contributed by atoms with van der Waals surface area (Å²) >= 11 is 0. The largest absolute Gasteiger partial charge is 0.416 e. The number of hydrogen-bond donors (Lipinski definition) is 0. The predicted octanol–water partition coefficient (Wildman–Crippen LogP) is 4.63. The topological polar surface area (TPSA) is 34.1 Å². The van der Waals surface area contributed by atoms with Gasteiger partial charge in [-0.25, -0.2) is 0 Å². The van der Waals surface area contributed by atoms with Gasteiger partial charge >= 0.3 is 6.18 Å². The Morgan fingerprint density at radius 3 is 1.67 bits per heavy atom. The molecule has 0 saturated heterocycles. The smallest absolute Gasteiger partial charge is 0.299 e. The fraction of sp³-hybridized carbons (Fsp3) is 0.263. The number of ketones is 2. The molecule has 2 aromatic carbocycles. The molecule has 0 bridgehead atoms. The number of Topliss-reactive ketones (excluding diaryl/α,β-unsaturated/α-hetero) is 2. The van der Waals surface area contributed by atoms with Crippen molar-refractivity contribution in [1.29, 1.82) is 0 Å². The fourth-order valence-electron chi connectivity index (χ4n) is 2.87. The van der Waals surface area contributed by atoms with E-state index in [0.717, 1.165) is 12.1 Å². The van der Waals surface area contributed by atoms with Crippen molar-refractivity contribution in [2.75, 3.05) is 0 Å². The van der Waals surface area contributed by atoms with Gasteiger partial charge < -0.3 is 0 Å². The lowest BCUT2D eigenvalue weighted by atomic mass is 9.77. The van der Waals surface area contributed by atoms with Crippen molar-refractivity contribution in [1.82, 2.24) is 0 Å². The molecule has 0 saturated carbocycles. The molecule has 0 radical (unpaired) electrons. The van der Waals surface area contributed by atoms with Crippen LogP contribution in [-0.4, -0.2) is 11.6 Å². The van der Waals surface area contributed by atoms with Crippen molar-refractivity contribution < 1.29 is 22.8 Å². The maximum absolute atomic E-state index is 12.8. The second kappa shape index (κ2) is 6.99. The molecule has 0 aromatic heterocycles. The van der Waals surface area contributed by atoms with Crippen molar-refractivity contribution in [2.24, 2.45) is 5.92 Å². The minimum absolute atomic E-state index is 0.309. The Hall–Kier alpha value is -2.43. The molecule has 0 aliphatic rings. The Morgan fingerprint density at radius 1 is 0.792 bits per heavy atom. The lowest BCUT2D eigenvalue weighted by Crippen LogP contribution is -2.28. The van der Waals surface area contributed by atoms with Crippen LogP contribution in [0.5, 0.6) is 0 Å². The molecule has 1 atom stereocenters. The molecule has 0 heterocycles. The van der Waals surface area contributed by atoms with Crippen molar-refractivity contribution in [2.45, 2.75) is 25.9 Å². The lowest BCUT2D eigenvalue weighted by Gasteiger charge is -2.24. The van der Waals surface area contributed by atoms with E-state index in [9.17, 15) is 22.8 Å². The first-order chi connectivity index (χ1) is 11.2. The minimum Gasteiger partial charge on any atom is -0.299 e. The quantitative estimate of drug-likeness (QED) is 0.747. The molecule has 0 N–H and O–H groups in total. The highest BCUT2D eigenvalue weighted by molar-refractivity contribution is 6.01. The Bertz CT molecular complexity index is 705. The van der Waals surface area contributed by atoms with E-state index in [-0.39, 0.29) is 11.6 Å². The summed E-state index contributed by atoms with van der Waals surface area (Å²) in [6, 6.07) is 13.5. The summed E-state index contributed by atoms with van der Waals surface area (Å²) in [5.41, 5.74) is 0.456. The first kappa shape index (κ1) is 17.9. The summed E-state index contributed by atoms with van der Waals surface area (Å²) in [7, 11) is 0. The van der Waals surface area contributed by atoms with Crippen LogP contribution in [0.1, 0.15) is 36.5 Å². The molecule has 0 spiro atoms. The average molecular weight is 334 g/mol. The first-order valence-corrected chi connectivity index (χ1v) is 7.45. The van der Waals surface area contributed by atoms with Gasteiger partial charge in [0.25, 0.3) is 0 Å². The maximum Gasteiger partial charge on any atom is 0.416 e. The van der Waals surface area contributed by atoms with E-state index in [2.05, 4.69) is 0 Å². The van der Waals surface area contributed by atoms with Gasteiger partial charge in [-0.15, -0.1) is 0 Å². The third kappa shape index (κ3) is 3.91. The van der Waals surface area contributed by atoms with Gasteiger partial charge in [0.1, 0.15) is 11.6 Å². The molecule has 24 heavy (non-hydrogen) atoms. The number of benzene rings is 2. The van der Waals surface area contributed by atoms with Gasteiger partial charge in [-0.05, 0) is 37.1 Å². The van der Waals surface area contributed by atoms with Gasteiger partial charge in [-0.3, -0.25) is 9.59 Å². The standard InChI is InChI=1S/C19H17F3O2/c1-12(23)17(13(2)24)18(14-6-4-3-5-7-14)15-8-10-16(11-9-15)19(20,21)22/h3-11,17-18H,1-2H3. The number of carbonyl (C=O) groups is 2. The summed E-state index contributed by atoms with van der Waals surface area (Å²) in [5, 5.41) is 0. The molecule has 1 unspecified atom stereocenters. The van der Waals surface area contributed by atoms with Crippen LogP contribution in [0.15, 0.2) is 54.6 Å². The molecule has 0 aliphatic heterocycles. The van der Waals surface area contributed by atoms with E-state index in [4.69, 9.17) is 0 Å². The van der Waals surface area contributed by atoms with E-state index in [1.165, 1.54) is 26.0 Å². The summed E-state index contributed by atoms with van der Waals surface area (Å²) in [4.78, 5) is 24.0. The molecule has 5 heteroatoms. The lowest BCUT2D eigenvalue weighted by molar-refractivity contribution is -0.137. The van der Waals surface area contributed by atoms with Gasteiger partial charge in [-0.2, -0.15) is 13.2 Å². The van der Waals surface area contributed by atoms with Crippen LogP contribution >= 0.6 is 0 Å². The van der Waals surface area contributed by atoms with Crippen LogP contribution in [0, 0.1) is 5.92 Å². The Kier molecular flexibility index (Phi) is 5.22. The molecule has 0 aliphatic carbocycles. The van der Waals surface area contributed by atoms with E-state index in [1.807, 2.05) is 0 Å². The number of rotatable bonds is 5. The number of hydrogen-bond acceptors (Lipinski definition) is 2. The second-order valence-corrected chi connectivity index (χ2v) is 5.71. The highest BCUT2D eigenvalue weighted by atomic mass is 19.4. The third-order valence-corrected chi connectivity index (χ3v) is 3.97. The summed E-state index contributed by atoms with van der Waals surface area (Å²) in [6.07, 6.45) is -4.43. The number of carbonyl (C=O) groups excluding carboxylic acids is 2. The fourth-order valence-corrected chi connectivity index (χ4v) is 2.87. The van der Waals surface area contributed by atoms with Crippen LogP contribution in [0.25, 0.3) is 0 Å². The van der Waals surface area contributed by atoms with Crippen LogP contribution in [0.2, 0.25) is 0 Å². The molecule has 2 nitrogen and oxygen atoms in total. The maximum atomic E-state index is 12.8. The van der Waals surface area contributed by atoms with Crippen LogP contribution in [0.3, 0.4) is 0 Å². The van der Waals surface area contributed by atoms with Crippen molar-refractivity contribution in [3.05, 3.63) is 71.3 Å². The monoisotopic (exact) mass is 334 g/mol. The molecular formula is C19H17F3O2.